The summed E-state index contributed by atoms with van der Waals surface area (Å²) in [5.41, 5.74) is 6.92. The van der Waals surface area contributed by atoms with Crippen molar-refractivity contribution < 1.29 is 4.39 Å². The Morgan fingerprint density at radius 1 is 1.17 bits per heavy atom. The highest BCUT2D eigenvalue weighted by atomic mass is 79.9. The number of halogens is 2. The topological polar surface area (TPSA) is 26.0 Å². The fourth-order valence-corrected chi connectivity index (χ4v) is 3.40. The highest BCUT2D eigenvalue weighted by molar-refractivity contribution is 9.10. The predicted octanol–water partition coefficient (Wildman–Crippen LogP) is 4.76. The number of hydrogen-bond donors (Lipinski definition) is 1. The molecule has 4 heteroatoms. The molecule has 0 amide bonds. The van der Waals surface area contributed by atoms with Crippen molar-refractivity contribution in [3.8, 4) is 0 Å². The normalized spacial score (nSPS) is 12.4. The van der Waals surface area contributed by atoms with Crippen molar-refractivity contribution in [3.63, 3.8) is 0 Å². The van der Waals surface area contributed by atoms with Crippen LogP contribution in [0.2, 0.25) is 0 Å². The molecule has 18 heavy (non-hydrogen) atoms. The summed E-state index contributed by atoms with van der Waals surface area (Å²) in [5.74, 6) is -0.216. The molecule has 0 radical (unpaired) electrons. The van der Waals surface area contributed by atoms with Crippen LogP contribution in [0.15, 0.2) is 56.7 Å². The SMILES string of the molecule is CC(N)c1ccc(Sc2cccc(F)c2)cc1Br. The second-order valence-electron chi connectivity index (χ2n) is 4.03. The Morgan fingerprint density at radius 2 is 1.89 bits per heavy atom. The van der Waals surface area contributed by atoms with Gasteiger partial charge in [0.1, 0.15) is 5.82 Å². The van der Waals surface area contributed by atoms with Crippen LogP contribution in [0.5, 0.6) is 0 Å². The molecule has 0 aliphatic heterocycles. The molecular formula is C14H13BrFNS. The van der Waals surface area contributed by atoms with Gasteiger partial charge in [-0.25, -0.2) is 4.39 Å². The minimum absolute atomic E-state index is 0.00686. The maximum absolute atomic E-state index is 13.1. The van der Waals surface area contributed by atoms with E-state index < -0.39 is 0 Å². The molecule has 0 fully saturated rings. The number of rotatable bonds is 3. The Bertz CT molecular complexity index is 557. The molecule has 0 aliphatic carbocycles. The van der Waals surface area contributed by atoms with Gasteiger partial charge in [0, 0.05) is 20.3 Å². The Hall–Kier alpha value is -0.840. The molecule has 0 aromatic heterocycles. The smallest absolute Gasteiger partial charge is 0.124 e. The maximum atomic E-state index is 13.1. The van der Waals surface area contributed by atoms with E-state index in [9.17, 15) is 4.39 Å². The molecule has 2 rings (SSSR count). The molecule has 1 nitrogen and oxygen atoms in total. The second kappa shape index (κ2) is 5.87. The van der Waals surface area contributed by atoms with Gasteiger partial charge in [0.15, 0.2) is 0 Å². The van der Waals surface area contributed by atoms with Crippen LogP contribution >= 0.6 is 27.7 Å². The van der Waals surface area contributed by atoms with Crippen molar-refractivity contribution in [3.05, 3.63) is 58.3 Å². The summed E-state index contributed by atoms with van der Waals surface area (Å²) >= 11 is 5.03. The predicted molar refractivity (Wildman–Crippen MR) is 77.3 cm³/mol. The average Bonchev–Trinajstić information content (AvgIpc) is 2.28. The van der Waals surface area contributed by atoms with Crippen molar-refractivity contribution in [2.75, 3.05) is 0 Å². The molecule has 0 saturated heterocycles. The van der Waals surface area contributed by atoms with Gasteiger partial charge in [0.2, 0.25) is 0 Å². The fraction of sp³-hybridized carbons (Fsp3) is 0.143. The van der Waals surface area contributed by atoms with Crippen LogP contribution in [0.3, 0.4) is 0 Å². The number of hydrogen-bond acceptors (Lipinski definition) is 2. The van der Waals surface area contributed by atoms with E-state index in [0.29, 0.717) is 0 Å². The molecule has 2 aromatic rings. The molecule has 0 saturated carbocycles. The van der Waals surface area contributed by atoms with Crippen LogP contribution in [0.4, 0.5) is 4.39 Å². The van der Waals surface area contributed by atoms with Gasteiger partial charge < -0.3 is 5.73 Å². The van der Waals surface area contributed by atoms with Crippen LogP contribution in [0.25, 0.3) is 0 Å². The molecule has 0 heterocycles. The van der Waals surface area contributed by atoms with Gasteiger partial charge in [0.05, 0.1) is 0 Å². The monoisotopic (exact) mass is 325 g/mol. The summed E-state index contributed by atoms with van der Waals surface area (Å²) in [5, 5.41) is 0. The van der Waals surface area contributed by atoms with Gasteiger partial charge >= 0.3 is 0 Å². The third-order valence-corrected chi connectivity index (χ3v) is 4.16. The Kier molecular flexibility index (Phi) is 4.43. The van der Waals surface area contributed by atoms with Crippen molar-refractivity contribution in [1.82, 2.24) is 0 Å². The molecular weight excluding hydrogens is 313 g/mol. The zero-order valence-electron chi connectivity index (χ0n) is 9.86. The summed E-state index contributed by atoms with van der Waals surface area (Å²) in [7, 11) is 0. The lowest BCUT2D eigenvalue weighted by Crippen LogP contribution is -2.05. The van der Waals surface area contributed by atoms with Crippen LogP contribution in [-0.2, 0) is 0 Å². The largest absolute Gasteiger partial charge is 0.324 e. The molecule has 94 valence electrons. The highest BCUT2D eigenvalue weighted by Crippen LogP contribution is 2.32. The lowest BCUT2D eigenvalue weighted by molar-refractivity contribution is 0.624. The van der Waals surface area contributed by atoms with Gasteiger partial charge in [-0.15, -0.1) is 0 Å². The zero-order chi connectivity index (χ0) is 13.1. The average molecular weight is 326 g/mol. The summed E-state index contributed by atoms with van der Waals surface area (Å²) in [6.07, 6.45) is 0. The van der Waals surface area contributed by atoms with Crippen molar-refractivity contribution in [2.45, 2.75) is 22.8 Å². The first kappa shape index (κ1) is 13.6. The minimum atomic E-state index is -0.216. The summed E-state index contributed by atoms with van der Waals surface area (Å²) in [6, 6.07) is 12.6. The number of benzene rings is 2. The maximum Gasteiger partial charge on any atom is 0.124 e. The third-order valence-electron chi connectivity index (χ3n) is 2.49. The molecule has 2 aromatic carbocycles. The molecule has 0 spiro atoms. The summed E-state index contributed by atoms with van der Waals surface area (Å²) < 4.78 is 14.1. The molecule has 2 N–H and O–H groups in total. The van der Waals surface area contributed by atoms with E-state index in [-0.39, 0.29) is 11.9 Å². The molecule has 0 bridgehead atoms. The second-order valence-corrected chi connectivity index (χ2v) is 6.03. The first-order valence-electron chi connectivity index (χ1n) is 5.54. The van der Waals surface area contributed by atoms with Crippen LogP contribution in [-0.4, -0.2) is 0 Å². The van der Waals surface area contributed by atoms with Gasteiger partial charge in [-0.1, -0.05) is 39.8 Å². The Balaban J connectivity index is 2.23. The summed E-state index contributed by atoms with van der Waals surface area (Å²) in [6.45, 7) is 1.94. The van der Waals surface area contributed by atoms with Crippen molar-refractivity contribution in [2.24, 2.45) is 5.73 Å². The third kappa shape index (κ3) is 3.34. The molecule has 1 unspecified atom stereocenters. The van der Waals surface area contributed by atoms with E-state index in [2.05, 4.69) is 15.9 Å². The molecule has 1 atom stereocenters. The standard InChI is InChI=1S/C14H13BrFNS/c1-9(17)13-6-5-12(8-14(13)15)18-11-4-2-3-10(16)7-11/h2-9H,17H2,1H3. The number of nitrogens with two attached hydrogens (primary N) is 1. The minimum Gasteiger partial charge on any atom is -0.324 e. The van der Waals surface area contributed by atoms with Crippen LogP contribution < -0.4 is 5.73 Å². The summed E-state index contributed by atoms with van der Waals surface area (Å²) in [4.78, 5) is 1.94. The van der Waals surface area contributed by atoms with Gasteiger partial charge in [-0.3, -0.25) is 0 Å². The highest BCUT2D eigenvalue weighted by Gasteiger charge is 2.06. The first-order chi connectivity index (χ1) is 8.56. The van der Waals surface area contributed by atoms with Crippen molar-refractivity contribution >= 4 is 27.7 Å². The van der Waals surface area contributed by atoms with Crippen LogP contribution in [0.1, 0.15) is 18.5 Å². The van der Waals surface area contributed by atoms with E-state index in [0.717, 1.165) is 19.8 Å². The van der Waals surface area contributed by atoms with Gasteiger partial charge in [-0.05, 0) is 42.8 Å². The van der Waals surface area contributed by atoms with Gasteiger partial charge in [-0.2, -0.15) is 0 Å². The van der Waals surface area contributed by atoms with E-state index >= 15 is 0 Å². The van der Waals surface area contributed by atoms with Crippen molar-refractivity contribution in [1.29, 1.82) is 0 Å². The lowest BCUT2D eigenvalue weighted by Gasteiger charge is -2.10. The Morgan fingerprint density at radius 3 is 2.50 bits per heavy atom. The first-order valence-corrected chi connectivity index (χ1v) is 7.15. The van der Waals surface area contributed by atoms with E-state index in [1.807, 2.05) is 31.2 Å². The quantitative estimate of drug-likeness (QED) is 0.880. The van der Waals surface area contributed by atoms with Crippen LogP contribution in [0, 0.1) is 5.82 Å². The zero-order valence-corrected chi connectivity index (χ0v) is 12.3. The fourth-order valence-electron chi connectivity index (χ4n) is 1.61. The van der Waals surface area contributed by atoms with E-state index in [1.54, 1.807) is 6.07 Å². The van der Waals surface area contributed by atoms with E-state index in [4.69, 9.17) is 5.73 Å². The molecule has 0 aliphatic rings. The Labute approximate surface area is 119 Å². The van der Waals surface area contributed by atoms with Gasteiger partial charge in [0.25, 0.3) is 0 Å². The van der Waals surface area contributed by atoms with E-state index in [1.165, 1.54) is 23.9 Å². The lowest BCUT2D eigenvalue weighted by atomic mass is 10.1.